The van der Waals surface area contributed by atoms with Crippen molar-refractivity contribution < 1.29 is 23.4 Å². The number of ether oxygens (including phenoxy) is 3. The third-order valence-corrected chi connectivity index (χ3v) is 4.11. The van der Waals surface area contributed by atoms with Crippen LogP contribution in [-0.4, -0.2) is 19.8 Å². The normalized spacial score (nSPS) is 13.4. The predicted molar refractivity (Wildman–Crippen MR) is 90.4 cm³/mol. The summed E-state index contributed by atoms with van der Waals surface area (Å²) in [6.45, 7) is 2.03. The van der Waals surface area contributed by atoms with Crippen LogP contribution in [0.15, 0.2) is 36.4 Å². The predicted octanol–water partition coefficient (Wildman–Crippen LogP) is 3.37. The lowest BCUT2D eigenvalue weighted by molar-refractivity contribution is -0.121. The Hall–Kier alpha value is -2.76. The molecule has 1 atom stereocenters. The fourth-order valence-electron chi connectivity index (χ4n) is 2.79. The number of aryl methyl sites for hydroxylation is 1. The van der Waals surface area contributed by atoms with E-state index in [1.165, 1.54) is 19.2 Å². The molecule has 3 rings (SSSR count). The van der Waals surface area contributed by atoms with E-state index in [0.717, 1.165) is 11.3 Å². The van der Waals surface area contributed by atoms with Crippen LogP contribution in [0, 0.1) is 5.82 Å². The van der Waals surface area contributed by atoms with Crippen LogP contribution in [0.5, 0.6) is 17.2 Å². The second kappa shape index (κ2) is 7.42. The Bertz CT molecular complexity index is 778. The Kier molecular flexibility index (Phi) is 5.07. The maximum Gasteiger partial charge on any atom is 0.231 e. The van der Waals surface area contributed by atoms with Crippen molar-refractivity contribution in [2.45, 2.75) is 25.8 Å². The molecule has 1 heterocycles. The Labute approximate surface area is 145 Å². The van der Waals surface area contributed by atoms with Gasteiger partial charge in [-0.1, -0.05) is 6.07 Å². The van der Waals surface area contributed by atoms with Gasteiger partial charge in [0.25, 0.3) is 0 Å². The molecule has 0 saturated heterocycles. The van der Waals surface area contributed by atoms with E-state index in [0.29, 0.717) is 29.9 Å². The van der Waals surface area contributed by atoms with Gasteiger partial charge in [-0.25, -0.2) is 4.39 Å². The SMILES string of the molecule is COc1ccc(F)cc1C(C)NC(=O)CCc1ccc2c(c1)OCO2. The molecule has 0 radical (unpaired) electrons. The van der Waals surface area contributed by atoms with Crippen LogP contribution >= 0.6 is 0 Å². The molecule has 6 heteroatoms. The zero-order chi connectivity index (χ0) is 17.8. The molecule has 0 aromatic heterocycles. The fourth-order valence-corrected chi connectivity index (χ4v) is 2.79. The highest BCUT2D eigenvalue weighted by atomic mass is 19.1. The number of methoxy groups -OCH3 is 1. The number of nitrogens with one attached hydrogen (secondary N) is 1. The lowest BCUT2D eigenvalue weighted by Crippen LogP contribution is -2.27. The van der Waals surface area contributed by atoms with Crippen LogP contribution in [0.25, 0.3) is 0 Å². The van der Waals surface area contributed by atoms with Gasteiger partial charge in [0.05, 0.1) is 13.2 Å². The number of carbonyl (C=O) groups is 1. The smallest absolute Gasteiger partial charge is 0.231 e. The summed E-state index contributed by atoms with van der Waals surface area (Å²) in [6, 6.07) is 9.55. The van der Waals surface area contributed by atoms with Crippen LogP contribution in [0.4, 0.5) is 4.39 Å². The summed E-state index contributed by atoms with van der Waals surface area (Å²) in [5.41, 5.74) is 1.61. The van der Waals surface area contributed by atoms with Gasteiger partial charge >= 0.3 is 0 Å². The summed E-state index contributed by atoms with van der Waals surface area (Å²) < 4.78 is 29.3. The number of amides is 1. The quantitative estimate of drug-likeness (QED) is 0.872. The zero-order valence-corrected chi connectivity index (χ0v) is 14.2. The molecule has 1 amide bonds. The highest BCUT2D eigenvalue weighted by Gasteiger charge is 2.16. The number of benzene rings is 2. The lowest BCUT2D eigenvalue weighted by Gasteiger charge is -2.17. The molecule has 1 N–H and O–H groups in total. The Balaban J connectivity index is 1.58. The largest absolute Gasteiger partial charge is 0.496 e. The van der Waals surface area contributed by atoms with Gasteiger partial charge in [-0.2, -0.15) is 0 Å². The maximum atomic E-state index is 13.5. The summed E-state index contributed by atoms with van der Waals surface area (Å²) >= 11 is 0. The van der Waals surface area contributed by atoms with Crippen molar-refractivity contribution in [3.05, 3.63) is 53.3 Å². The molecular formula is C19H20FNO4. The van der Waals surface area contributed by atoms with Gasteiger partial charge in [0, 0.05) is 12.0 Å². The van der Waals surface area contributed by atoms with Crippen LogP contribution in [-0.2, 0) is 11.2 Å². The van der Waals surface area contributed by atoms with E-state index in [4.69, 9.17) is 14.2 Å². The third kappa shape index (κ3) is 4.02. The van der Waals surface area contributed by atoms with Gasteiger partial charge in [0.15, 0.2) is 11.5 Å². The molecule has 0 aliphatic carbocycles. The van der Waals surface area contributed by atoms with E-state index in [-0.39, 0.29) is 24.6 Å². The van der Waals surface area contributed by atoms with E-state index in [9.17, 15) is 9.18 Å². The third-order valence-electron chi connectivity index (χ3n) is 4.11. The molecule has 0 bridgehead atoms. The highest BCUT2D eigenvalue weighted by molar-refractivity contribution is 5.76. The number of rotatable bonds is 6. The van der Waals surface area contributed by atoms with Crippen molar-refractivity contribution in [1.29, 1.82) is 0 Å². The Morgan fingerprint density at radius 3 is 2.84 bits per heavy atom. The van der Waals surface area contributed by atoms with E-state index < -0.39 is 0 Å². The van der Waals surface area contributed by atoms with Crippen LogP contribution in [0.3, 0.4) is 0 Å². The Morgan fingerprint density at radius 2 is 2.04 bits per heavy atom. The number of fused-ring (bicyclic) bond motifs is 1. The molecule has 0 spiro atoms. The molecular weight excluding hydrogens is 325 g/mol. The van der Waals surface area contributed by atoms with Crippen molar-refractivity contribution in [3.63, 3.8) is 0 Å². The van der Waals surface area contributed by atoms with Crippen LogP contribution < -0.4 is 19.5 Å². The average Bonchev–Trinajstić information content (AvgIpc) is 3.07. The molecule has 1 aliphatic rings. The van der Waals surface area contributed by atoms with E-state index in [1.807, 2.05) is 18.2 Å². The first-order valence-electron chi connectivity index (χ1n) is 8.08. The van der Waals surface area contributed by atoms with Gasteiger partial charge in [0.2, 0.25) is 12.7 Å². The summed E-state index contributed by atoms with van der Waals surface area (Å²) in [4.78, 5) is 12.2. The van der Waals surface area contributed by atoms with Crippen molar-refractivity contribution in [2.75, 3.05) is 13.9 Å². The fraction of sp³-hybridized carbons (Fsp3) is 0.316. The molecule has 1 aliphatic heterocycles. The second-order valence-corrected chi connectivity index (χ2v) is 5.86. The minimum Gasteiger partial charge on any atom is -0.496 e. The first-order chi connectivity index (χ1) is 12.1. The monoisotopic (exact) mass is 345 g/mol. The standard InChI is InChI=1S/C19H20FNO4/c1-12(15-10-14(20)5-7-16(15)23-2)21-19(22)8-4-13-3-6-17-18(9-13)25-11-24-17/h3,5-7,9-10,12H,4,8,11H2,1-2H3,(H,21,22). The minimum atomic E-state index is -0.364. The van der Waals surface area contributed by atoms with E-state index in [2.05, 4.69) is 5.32 Å². The van der Waals surface area contributed by atoms with E-state index in [1.54, 1.807) is 13.0 Å². The summed E-state index contributed by atoms with van der Waals surface area (Å²) in [7, 11) is 1.52. The van der Waals surface area contributed by atoms with Crippen LogP contribution in [0.2, 0.25) is 0 Å². The zero-order valence-electron chi connectivity index (χ0n) is 14.2. The molecule has 25 heavy (non-hydrogen) atoms. The van der Waals surface area contributed by atoms with E-state index >= 15 is 0 Å². The molecule has 0 fully saturated rings. The first-order valence-corrected chi connectivity index (χ1v) is 8.08. The molecule has 2 aromatic carbocycles. The van der Waals surface area contributed by atoms with Crippen LogP contribution in [0.1, 0.15) is 30.5 Å². The van der Waals surface area contributed by atoms with Gasteiger partial charge in [-0.3, -0.25) is 4.79 Å². The second-order valence-electron chi connectivity index (χ2n) is 5.86. The van der Waals surface area contributed by atoms with Gasteiger partial charge in [-0.05, 0) is 49.2 Å². The summed E-state index contributed by atoms with van der Waals surface area (Å²) in [6.07, 6.45) is 0.900. The van der Waals surface area contributed by atoms with Crippen molar-refractivity contribution in [2.24, 2.45) is 0 Å². The average molecular weight is 345 g/mol. The molecule has 1 unspecified atom stereocenters. The topological polar surface area (TPSA) is 56.8 Å². The number of hydrogen-bond donors (Lipinski definition) is 1. The minimum absolute atomic E-state index is 0.114. The van der Waals surface area contributed by atoms with Gasteiger partial charge < -0.3 is 19.5 Å². The molecule has 0 saturated carbocycles. The molecule has 2 aromatic rings. The summed E-state index contributed by atoms with van der Waals surface area (Å²) in [5, 5.41) is 2.88. The van der Waals surface area contributed by atoms with Gasteiger partial charge in [0.1, 0.15) is 11.6 Å². The van der Waals surface area contributed by atoms with Gasteiger partial charge in [-0.15, -0.1) is 0 Å². The number of carbonyl (C=O) groups excluding carboxylic acids is 1. The Morgan fingerprint density at radius 1 is 1.24 bits per heavy atom. The highest BCUT2D eigenvalue weighted by Crippen LogP contribution is 2.32. The lowest BCUT2D eigenvalue weighted by atomic mass is 10.1. The summed E-state index contributed by atoms with van der Waals surface area (Å²) in [5.74, 6) is 1.49. The van der Waals surface area contributed by atoms with Crippen molar-refractivity contribution in [3.8, 4) is 17.2 Å². The molecule has 5 nitrogen and oxygen atoms in total. The van der Waals surface area contributed by atoms with Crippen molar-refractivity contribution >= 4 is 5.91 Å². The number of hydrogen-bond acceptors (Lipinski definition) is 4. The maximum absolute atomic E-state index is 13.5. The number of halogens is 1. The molecule has 132 valence electrons. The van der Waals surface area contributed by atoms with Crippen molar-refractivity contribution in [1.82, 2.24) is 5.32 Å². The first kappa shape index (κ1) is 17.1.